The van der Waals surface area contributed by atoms with Gasteiger partial charge in [-0.15, -0.1) is 0 Å². The van der Waals surface area contributed by atoms with E-state index in [4.69, 9.17) is 21.7 Å². The van der Waals surface area contributed by atoms with Crippen molar-refractivity contribution in [2.75, 3.05) is 13.7 Å². The second-order valence-electron chi connectivity index (χ2n) is 5.12. The van der Waals surface area contributed by atoms with Crippen LogP contribution < -0.4 is 9.47 Å². The molecular weight excluding hydrogens is 336 g/mol. The highest BCUT2D eigenvalue weighted by atomic mass is 32.1. The Balaban J connectivity index is 1.93. The average Bonchev–Trinajstić information content (AvgIpc) is 3.02. The van der Waals surface area contributed by atoms with Crippen LogP contribution in [-0.2, 0) is 0 Å². The second kappa shape index (κ2) is 7.76. The van der Waals surface area contributed by atoms with Crippen LogP contribution in [0.1, 0.15) is 12.5 Å². The van der Waals surface area contributed by atoms with Crippen LogP contribution in [0.4, 0.5) is 0 Å². The Bertz CT molecular complexity index is 932. The quantitative estimate of drug-likeness (QED) is 0.539. The highest BCUT2D eigenvalue weighted by molar-refractivity contribution is 7.71. The lowest BCUT2D eigenvalue weighted by Gasteiger charge is -2.09. The summed E-state index contributed by atoms with van der Waals surface area (Å²) in [6.45, 7) is 2.51. The van der Waals surface area contributed by atoms with Gasteiger partial charge in [-0.2, -0.15) is 14.9 Å². The van der Waals surface area contributed by atoms with Gasteiger partial charge >= 0.3 is 0 Å². The summed E-state index contributed by atoms with van der Waals surface area (Å²) >= 11 is 5.28. The highest BCUT2D eigenvalue weighted by Gasteiger charge is 2.08. The lowest BCUT2D eigenvalue weighted by atomic mass is 10.2. The van der Waals surface area contributed by atoms with Crippen molar-refractivity contribution in [1.82, 2.24) is 14.9 Å². The van der Waals surface area contributed by atoms with Crippen molar-refractivity contribution in [2.45, 2.75) is 6.92 Å². The predicted octanol–water partition coefficient (Wildman–Crippen LogP) is 3.90. The number of hydrogen-bond acceptors (Lipinski definition) is 5. The van der Waals surface area contributed by atoms with Gasteiger partial charge in [0, 0.05) is 5.56 Å². The van der Waals surface area contributed by atoms with Crippen LogP contribution in [0.15, 0.2) is 53.6 Å². The van der Waals surface area contributed by atoms with Crippen LogP contribution in [0.3, 0.4) is 0 Å². The van der Waals surface area contributed by atoms with Crippen LogP contribution in [0, 0.1) is 4.77 Å². The molecule has 0 amide bonds. The molecular formula is C18H18N4O2S. The minimum atomic E-state index is 0.424. The number of methoxy groups -OCH3 is 1. The largest absolute Gasteiger partial charge is 0.493 e. The Morgan fingerprint density at radius 1 is 1.20 bits per heavy atom. The first-order valence-electron chi connectivity index (χ1n) is 7.81. The topological polar surface area (TPSA) is 64.4 Å². The summed E-state index contributed by atoms with van der Waals surface area (Å²) in [6, 6.07) is 15.4. The van der Waals surface area contributed by atoms with Gasteiger partial charge in [0.2, 0.25) is 4.77 Å². The van der Waals surface area contributed by atoms with E-state index in [0.29, 0.717) is 28.7 Å². The lowest BCUT2D eigenvalue weighted by Crippen LogP contribution is -1.97. The number of benzene rings is 2. The van der Waals surface area contributed by atoms with Crippen molar-refractivity contribution in [1.29, 1.82) is 0 Å². The van der Waals surface area contributed by atoms with E-state index in [2.05, 4.69) is 15.3 Å². The van der Waals surface area contributed by atoms with Gasteiger partial charge in [0.05, 0.1) is 19.9 Å². The molecule has 1 aromatic heterocycles. The fourth-order valence-corrected chi connectivity index (χ4v) is 2.52. The van der Waals surface area contributed by atoms with Crippen molar-refractivity contribution < 1.29 is 9.47 Å². The van der Waals surface area contributed by atoms with E-state index in [0.717, 1.165) is 11.1 Å². The molecule has 6 nitrogen and oxygen atoms in total. The molecule has 3 aromatic rings. The number of nitrogens with zero attached hydrogens (tertiary/aromatic N) is 3. The van der Waals surface area contributed by atoms with Gasteiger partial charge in [-0.05, 0) is 42.9 Å². The van der Waals surface area contributed by atoms with Crippen molar-refractivity contribution >= 4 is 18.4 Å². The third-order valence-corrected chi connectivity index (χ3v) is 3.76. The molecule has 0 fully saturated rings. The van der Waals surface area contributed by atoms with Crippen LogP contribution in [0.2, 0.25) is 0 Å². The summed E-state index contributed by atoms with van der Waals surface area (Å²) in [6.07, 6.45) is 1.70. The molecule has 2 aromatic carbocycles. The lowest BCUT2D eigenvalue weighted by molar-refractivity contribution is 0.311. The Hall–Kier alpha value is -2.93. The Labute approximate surface area is 150 Å². The van der Waals surface area contributed by atoms with E-state index < -0.39 is 0 Å². The molecule has 1 N–H and O–H groups in total. The van der Waals surface area contributed by atoms with Crippen molar-refractivity contribution in [3.63, 3.8) is 0 Å². The van der Waals surface area contributed by atoms with Crippen LogP contribution >= 0.6 is 12.2 Å². The fourth-order valence-electron chi connectivity index (χ4n) is 2.34. The normalized spacial score (nSPS) is 11.0. The molecule has 25 heavy (non-hydrogen) atoms. The van der Waals surface area contributed by atoms with Gasteiger partial charge in [-0.25, -0.2) is 5.10 Å². The molecule has 0 radical (unpaired) electrons. The van der Waals surface area contributed by atoms with E-state index in [1.165, 1.54) is 0 Å². The van der Waals surface area contributed by atoms with E-state index in [9.17, 15) is 0 Å². The van der Waals surface area contributed by atoms with E-state index in [1.54, 1.807) is 18.0 Å². The fraction of sp³-hybridized carbons (Fsp3) is 0.167. The SMILES string of the molecule is CCOc1ccc(C=Nn2c(-c3ccccc3)n[nH]c2=S)cc1OC. The van der Waals surface area contributed by atoms with Gasteiger partial charge in [0.15, 0.2) is 17.3 Å². The Morgan fingerprint density at radius 2 is 2.00 bits per heavy atom. The van der Waals surface area contributed by atoms with E-state index >= 15 is 0 Å². The van der Waals surface area contributed by atoms with Crippen LogP contribution in [0.25, 0.3) is 11.4 Å². The Morgan fingerprint density at radius 3 is 2.72 bits per heavy atom. The van der Waals surface area contributed by atoms with Gasteiger partial charge < -0.3 is 9.47 Å². The van der Waals surface area contributed by atoms with Gasteiger partial charge in [-0.3, -0.25) is 0 Å². The zero-order chi connectivity index (χ0) is 17.6. The average molecular weight is 354 g/mol. The number of aromatic nitrogens is 3. The maximum Gasteiger partial charge on any atom is 0.216 e. The maximum absolute atomic E-state index is 5.52. The molecule has 0 saturated heterocycles. The summed E-state index contributed by atoms with van der Waals surface area (Å²) in [5.41, 5.74) is 1.79. The zero-order valence-corrected chi connectivity index (χ0v) is 14.8. The molecule has 0 bridgehead atoms. The predicted molar refractivity (Wildman–Crippen MR) is 100 cm³/mol. The smallest absolute Gasteiger partial charge is 0.216 e. The first kappa shape index (κ1) is 16.9. The summed E-state index contributed by atoms with van der Waals surface area (Å²) < 4.78 is 12.9. The van der Waals surface area contributed by atoms with Crippen molar-refractivity contribution in [3.8, 4) is 22.9 Å². The zero-order valence-electron chi connectivity index (χ0n) is 14.0. The number of nitrogens with one attached hydrogen (secondary N) is 1. The highest BCUT2D eigenvalue weighted by Crippen LogP contribution is 2.27. The second-order valence-corrected chi connectivity index (χ2v) is 5.50. The summed E-state index contributed by atoms with van der Waals surface area (Å²) in [5.74, 6) is 2.01. The standard InChI is InChI=1S/C18H18N4O2S/c1-3-24-15-10-9-13(11-16(15)23-2)12-19-22-17(20-21-18(22)25)14-7-5-4-6-8-14/h4-12H,3H2,1-2H3,(H,21,25). The number of ether oxygens (including phenoxy) is 2. The first-order valence-corrected chi connectivity index (χ1v) is 8.21. The van der Waals surface area contributed by atoms with Gasteiger partial charge in [0.1, 0.15) is 0 Å². The van der Waals surface area contributed by atoms with Crippen molar-refractivity contribution in [2.24, 2.45) is 5.10 Å². The number of hydrogen-bond donors (Lipinski definition) is 1. The molecule has 7 heteroatoms. The number of aromatic amines is 1. The monoisotopic (exact) mass is 354 g/mol. The molecule has 0 saturated carbocycles. The molecule has 0 aliphatic carbocycles. The molecule has 0 atom stereocenters. The third-order valence-electron chi connectivity index (χ3n) is 3.49. The van der Waals surface area contributed by atoms with E-state index in [-0.39, 0.29) is 0 Å². The van der Waals surface area contributed by atoms with Crippen LogP contribution in [0.5, 0.6) is 11.5 Å². The number of H-pyrrole nitrogens is 1. The molecule has 3 rings (SSSR count). The molecule has 128 valence electrons. The minimum Gasteiger partial charge on any atom is -0.493 e. The molecule has 1 heterocycles. The summed E-state index contributed by atoms with van der Waals surface area (Å²) in [5, 5.41) is 11.5. The van der Waals surface area contributed by atoms with Crippen molar-refractivity contribution in [3.05, 3.63) is 58.9 Å². The molecule has 0 spiro atoms. The minimum absolute atomic E-state index is 0.424. The van der Waals surface area contributed by atoms with Gasteiger partial charge in [0.25, 0.3) is 0 Å². The van der Waals surface area contributed by atoms with Gasteiger partial charge in [-0.1, -0.05) is 30.3 Å². The molecule has 0 aliphatic heterocycles. The molecule has 0 unspecified atom stereocenters. The van der Waals surface area contributed by atoms with Crippen LogP contribution in [-0.4, -0.2) is 34.8 Å². The summed E-state index contributed by atoms with van der Waals surface area (Å²) in [7, 11) is 1.61. The maximum atomic E-state index is 5.52. The third kappa shape index (κ3) is 3.77. The summed E-state index contributed by atoms with van der Waals surface area (Å²) in [4.78, 5) is 0. The first-order chi connectivity index (χ1) is 12.2. The molecule has 0 aliphatic rings. The Kier molecular flexibility index (Phi) is 5.25. The van der Waals surface area contributed by atoms with E-state index in [1.807, 2.05) is 55.5 Å². The number of rotatable bonds is 6.